The molecule has 0 aromatic heterocycles. The Balaban J connectivity index is 1.87. The van der Waals surface area contributed by atoms with Crippen molar-refractivity contribution in [3.63, 3.8) is 0 Å². The van der Waals surface area contributed by atoms with Gasteiger partial charge in [0.15, 0.2) is 17.7 Å². The Kier molecular flexibility index (Phi) is 5.91. The SMILES string of the molecule is CC(Oc1ccc2cc(Oc3c(F)cc(C(F)(F)F)cc3Cl)ccc2c1)C(=O)Cl. The van der Waals surface area contributed by atoms with Gasteiger partial charge in [-0.1, -0.05) is 23.7 Å². The molecule has 152 valence electrons. The van der Waals surface area contributed by atoms with Crippen LogP contribution in [0.15, 0.2) is 48.5 Å². The fraction of sp³-hybridized carbons (Fsp3) is 0.150. The molecule has 0 spiro atoms. The molecule has 0 N–H and O–H groups in total. The van der Waals surface area contributed by atoms with Gasteiger partial charge in [-0.3, -0.25) is 4.79 Å². The minimum atomic E-state index is -4.72. The van der Waals surface area contributed by atoms with Crippen molar-refractivity contribution in [1.82, 2.24) is 0 Å². The molecular formula is C20H12Cl2F4O3. The zero-order valence-corrected chi connectivity index (χ0v) is 16.2. The highest BCUT2D eigenvalue weighted by molar-refractivity contribution is 6.64. The van der Waals surface area contributed by atoms with E-state index in [0.29, 0.717) is 23.3 Å². The molecule has 0 radical (unpaired) electrons. The van der Waals surface area contributed by atoms with Gasteiger partial charge in [0.1, 0.15) is 11.5 Å². The first kappa shape index (κ1) is 21.2. The van der Waals surface area contributed by atoms with Gasteiger partial charge in [-0.15, -0.1) is 0 Å². The van der Waals surface area contributed by atoms with Crippen molar-refractivity contribution in [3.05, 3.63) is 64.9 Å². The molecule has 3 aromatic rings. The number of hydrogen-bond acceptors (Lipinski definition) is 3. The molecule has 3 nitrogen and oxygen atoms in total. The summed E-state index contributed by atoms with van der Waals surface area (Å²) >= 11 is 11.2. The van der Waals surface area contributed by atoms with E-state index in [0.717, 1.165) is 5.39 Å². The number of alkyl halides is 3. The lowest BCUT2D eigenvalue weighted by atomic mass is 10.1. The predicted molar refractivity (Wildman–Crippen MR) is 101 cm³/mol. The van der Waals surface area contributed by atoms with Gasteiger partial charge in [0.05, 0.1) is 10.6 Å². The molecule has 0 saturated carbocycles. The molecule has 0 heterocycles. The van der Waals surface area contributed by atoms with Crippen molar-refractivity contribution in [1.29, 1.82) is 0 Å². The van der Waals surface area contributed by atoms with E-state index in [4.69, 9.17) is 32.7 Å². The Hall–Kier alpha value is -2.51. The third-order valence-electron chi connectivity index (χ3n) is 3.96. The first-order valence-electron chi connectivity index (χ1n) is 8.18. The fourth-order valence-electron chi connectivity index (χ4n) is 2.53. The highest BCUT2D eigenvalue weighted by Gasteiger charge is 2.32. The quantitative estimate of drug-likeness (QED) is 0.313. The zero-order chi connectivity index (χ0) is 21.3. The van der Waals surface area contributed by atoms with Crippen LogP contribution in [0.5, 0.6) is 17.2 Å². The summed E-state index contributed by atoms with van der Waals surface area (Å²) in [7, 11) is 0. The zero-order valence-electron chi connectivity index (χ0n) is 14.7. The van der Waals surface area contributed by atoms with Gasteiger partial charge in [0.2, 0.25) is 0 Å². The van der Waals surface area contributed by atoms with Crippen LogP contribution in [0.4, 0.5) is 17.6 Å². The Morgan fingerprint density at radius 3 is 2.14 bits per heavy atom. The molecule has 3 rings (SSSR count). The fourth-order valence-corrected chi connectivity index (χ4v) is 2.82. The molecule has 1 atom stereocenters. The average molecular weight is 447 g/mol. The van der Waals surface area contributed by atoms with Crippen LogP contribution in [-0.2, 0) is 11.0 Å². The first-order valence-corrected chi connectivity index (χ1v) is 8.94. The molecule has 0 fully saturated rings. The summed E-state index contributed by atoms with van der Waals surface area (Å²) in [5.74, 6) is -1.14. The minimum absolute atomic E-state index is 0.177. The largest absolute Gasteiger partial charge is 0.482 e. The van der Waals surface area contributed by atoms with Gasteiger partial charge in [0.25, 0.3) is 5.24 Å². The Labute approximate surface area is 172 Å². The van der Waals surface area contributed by atoms with Crippen LogP contribution in [0.25, 0.3) is 10.8 Å². The van der Waals surface area contributed by atoms with Crippen molar-refractivity contribution < 1.29 is 31.8 Å². The smallest absolute Gasteiger partial charge is 0.416 e. The van der Waals surface area contributed by atoms with Gasteiger partial charge in [-0.2, -0.15) is 13.2 Å². The van der Waals surface area contributed by atoms with Crippen LogP contribution < -0.4 is 9.47 Å². The average Bonchev–Trinajstić information content (AvgIpc) is 2.63. The maximum absolute atomic E-state index is 14.1. The second-order valence-electron chi connectivity index (χ2n) is 6.10. The molecule has 9 heteroatoms. The molecular weight excluding hydrogens is 435 g/mol. The summed E-state index contributed by atoms with van der Waals surface area (Å²) < 4.78 is 63.1. The van der Waals surface area contributed by atoms with Crippen LogP contribution in [0.3, 0.4) is 0 Å². The summed E-state index contributed by atoms with van der Waals surface area (Å²) in [5.41, 5.74) is -1.21. The summed E-state index contributed by atoms with van der Waals surface area (Å²) in [6.07, 6.45) is -5.54. The van der Waals surface area contributed by atoms with Gasteiger partial charge in [0, 0.05) is 0 Å². The Morgan fingerprint density at radius 1 is 1.00 bits per heavy atom. The number of benzene rings is 3. The first-order chi connectivity index (χ1) is 13.5. The van der Waals surface area contributed by atoms with E-state index in [1.165, 1.54) is 13.0 Å². The molecule has 29 heavy (non-hydrogen) atoms. The molecule has 0 amide bonds. The van der Waals surface area contributed by atoms with E-state index in [2.05, 4.69) is 0 Å². The monoisotopic (exact) mass is 446 g/mol. The third-order valence-corrected chi connectivity index (χ3v) is 4.55. The number of fused-ring (bicyclic) bond motifs is 1. The third kappa shape index (κ3) is 4.92. The van der Waals surface area contributed by atoms with Crippen LogP contribution in [-0.4, -0.2) is 11.3 Å². The Bertz CT molecular complexity index is 1060. The van der Waals surface area contributed by atoms with Crippen LogP contribution in [0.2, 0.25) is 5.02 Å². The Morgan fingerprint density at radius 2 is 1.59 bits per heavy atom. The highest BCUT2D eigenvalue weighted by atomic mass is 35.5. The normalized spacial score (nSPS) is 12.7. The van der Waals surface area contributed by atoms with E-state index >= 15 is 0 Å². The standard InChI is InChI=1S/C20H12Cl2F4O3/c1-10(19(22)27)28-14-4-2-12-7-15(5-3-11(12)6-14)29-18-16(21)8-13(9-17(18)23)20(24,25)26/h2-10H,1H3. The van der Waals surface area contributed by atoms with E-state index in [-0.39, 0.29) is 5.75 Å². The van der Waals surface area contributed by atoms with Crippen LogP contribution >= 0.6 is 23.2 Å². The van der Waals surface area contributed by atoms with Crippen molar-refractivity contribution in [2.45, 2.75) is 19.2 Å². The second-order valence-corrected chi connectivity index (χ2v) is 6.88. The van der Waals surface area contributed by atoms with Gasteiger partial charge in [-0.05, 0) is 65.7 Å². The summed E-state index contributed by atoms with van der Waals surface area (Å²) in [4.78, 5) is 11.1. The van der Waals surface area contributed by atoms with Crippen LogP contribution in [0.1, 0.15) is 12.5 Å². The molecule has 0 bridgehead atoms. The van der Waals surface area contributed by atoms with Gasteiger partial charge in [-0.25, -0.2) is 4.39 Å². The van der Waals surface area contributed by atoms with E-state index in [1.807, 2.05) is 0 Å². The number of halogens is 6. The molecule has 0 aliphatic carbocycles. The van der Waals surface area contributed by atoms with Crippen molar-refractivity contribution in [2.24, 2.45) is 0 Å². The summed E-state index contributed by atoms with van der Waals surface area (Å²) in [6, 6.07) is 10.6. The lowest BCUT2D eigenvalue weighted by molar-refractivity contribution is -0.137. The molecule has 3 aromatic carbocycles. The lowest BCUT2D eigenvalue weighted by Gasteiger charge is -2.13. The van der Waals surface area contributed by atoms with E-state index in [1.54, 1.807) is 30.3 Å². The van der Waals surface area contributed by atoms with E-state index < -0.39 is 39.7 Å². The molecule has 1 unspecified atom stereocenters. The molecule has 0 saturated heterocycles. The molecule has 0 aliphatic rings. The predicted octanol–water partition coefficient (Wildman–Crippen LogP) is 6.98. The van der Waals surface area contributed by atoms with E-state index in [9.17, 15) is 22.4 Å². The topological polar surface area (TPSA) is 35.5 Å². The van der Waals surface area contributed by atoms with Crippen molar-refractivity contribution >= 4 is 39.2 Å². The maximum Gasteiger partial charge on any atom is 0.416 e. The van der Waals surface area contributed by atoms with Gasteiger partial charge < -0.3 is 9.47 Å². The van der Waals surface area contributed by atoms with Crippen LogP contribution in [0, 0.1) is 5.82 Å². The van der Waals surface area contributed by atoms with Crippen molar-refractivity contribution in [3.8, 4) is 17.2 Å². The summed E-state index contributed by atoms with van der Waals surface area (Å²) in [6.45, 7) is 1.51. The number of carbonyl (C=O) groups excluding carboxylic acids is 1. The number of carbonyl (C=O) groups is 1. The summed E-state index contributed by atoms with van der Waals surface area (Å²) in [5, 5.41) is 0.274. The second kappa shape index (κ2) is 8.08. The molecule has 0 aliphatic heterocycles. The number of hydrogen-bond donors (Lipinski definition) is 0. The number of ether oxygens (including phenoxy) is 2. The minimum Gasteiger partial charge on any atom is -0.482 e. The lowest BCUT2D eigenvalue weighted by Crippen LogP contribution is -2.18. The number of rotatable bonds is 5. The van der Waals surface area contributed by atoms with Crippen molar-refractivity contribution in [2.75, 3.05) is 0 Å². The van der Waals surface area contributed by atoms with Gasteiger partial charge >= 0.3 is 6.18 Å². The highest BCUT2D eigenvalue weighted by Crippen LogP contribution is 2.39. The maximum atomic E-state index is 14.1.